The van der Waals surface area contributed by atoms with Crippen molar-refractivity contribution in [2.24, 2.45) is 0 Å². The molecule has 0 radical (unpaired) electrons. The Morgan fingerprint density at radius 3 is 2.81 bits per heavy atom. The van der Waals surface area contributed by atoms with Crippen molar-refractivity contribution >= 4 is 17.5 Å². The fourth-order valence-corrected chi connectivity index (χ4v) is 3.59. The van der Waals surface area contributed by atoms with Crippen molar-refractivity contribution in [3.8, 4) is 11.5 Å². The van der Waals surface area contributed by atoms with Crippen LogP contribution in [0.1, 0.15) is 24.0 Å². The smallest absolute Gasteiger partial charge is 0.252 e. The molecule has 2 aliphatic heterocycles. The summed E-state index contributed by atoms with van der Waals surface area (Å²) < 4.78 is 29.9. The molecule has 1 atom stereocenters. The maximum Gasteiger partial charge on any atom is 0.252 e. The number of benzene rings is 2. The Morgan fingerprint density at radius 2 is 2.04 bits per heavy atom. The number of para-hydroxylation sites is 1. The average molecular weight is 392 g/mol. The van der Waals surface area contributed by atoms with Gasteiger partial charge < -0.3 is 19.1 Å². The third-order valence-corrected chi connectivity index (χ3v) is 5.08. The zero-order chi connectivity index (χ0) is 18.8. The van der Waals surface area contributed by atoms with Gasteiger partial charge in [0.1, 0.15) is 11.9 Å². The van der Waals surface area contributed by atoms with E-state index in [1.54, 1.807) is 11.0 Å². The molecule has 0 N–H and O–H groups in total. The van der Waals surface area contributed by atoms with Gasteiger partial charge in [-0.2, -0.15) is 0 Å². The largest absolute Gasteiger partial charge is 0.454 e. The zero-order valence-electron chi connectivity index (χ0n) is 14.6. The van der Waals surface area contributed by atoms with Gasteiger partial charge in [-0.25, -0.2) is 4.39 Å². The number of ether oxygens (including phenoxy) is 3. The van der Waals surface area contributed by atoms with E-state index in [1.165, 1.54) is 12.1 Å². The number of hydrogen-bond donors (Lipinski definition) is 0. The number of carbonyl (C=O) groups excluding carboxylic acids is 1. The Bertz CT molecular complexity index is 854. The van der Waals surface area contributed by atoms with Gasteiger partial charge in [0.25, 0.3) is 5.91 Å². The minimum absolute atomic E-state index is 0.107. The number of carbonyl (C=O) groups is 1. The molecule has 0 spiro atoms. The molecule has 1 amide bonds. The Hall–Kier alpha value is -2.31. The second-order valence-corrected chi connectivity index (χ2v) is 6.99. The van der Waals surface area contributed by atoms with E-state index in [4.69, 9.17) is 25.8 Å². The zero-order valence-corrected chi connectivity index (χ0v) is 15.4. The summed E-state index contributed by atoms with van der Waals surface area (Å²) in [5, 5.41) is 0.290. The van der Waals surface area contributed by atoms with Crippen LogP contribution in [-0.4, -0.2) is 30.3 Å². The first-order valence-corrected chi connectivity index (χ1v) is 9.21. The summed E-state index contributed by atoms with van der Waals surface area (Å²) in [5.41, 5.74) is 1.52. The predicted molar refractivity (Wildman–Crippen MR) is 97.2 cm³/mol. The van der Waals surface area contributed by atoms with Gasteiger partial charge >= 0.3 is 0 Å². The molecule has 5 nitrogen and oxygen atoms in total. The second-order valence-electron chi connectivity index (χ2n) is 6.58. The van der Waals surface area contributed by atoms with E-state index >= 15 is 0 Å². The molecule has 1 saturated heterocycles. The minimum Gasteiger partial charge on any atom is -0.454 e. The molecular formula is C20H19ClFNO4. The van der Waals surface area contributed by atoms with E-state index in [0.717, 1.165) is 12.0 Å². The topological polar surface area (TPSA) is 48.0 Å². The minimum atomic E-state index is -0.460. The molecule has 0 aromatic heterocycles. The number of halogens is 2. The lowest BCUT2D eigenvalue weighted by molar-refractivity contribution is -0.142. The van der Waals surface area contributed by atoms with E-state index in [0.29, 0.717) is 36.6 Å². The lowest BCUT2D eigenvalue weighted by Gasteiger charge is -2.26. The van der Waals surface area contributed by atoms with Gasteiger partial charge in [0.15, 0.2) is 11.5 Å². The maximum absolute atomic E-state index is 13.4. The highest BCUT2D eigenvalue weighted by Gasteiger charge is 2.30. The highest BCUT2D eigenvalue weighted by atomic mass is 35.5. The first kappa shape index (κ1) is 18.1. The highest BCUT2D eigenvalue weighted by molar-refractivity contribution is 6.31. The van der Waals surface area contributed by atoms with Crippen LogP contribution < -0.4 is 9.47 Å². The van der Waals surface area contributed by atoms with Gasteiger partial charge in [0, 0.05) is 30.3 Å². The number of hydrogen-bond acceptors (Lipinski definition) is 4. The van der Waals surface area contributed by atoms with Gasteiger partial charge in [-0.15, -0.1) is 0 Å². The Labute approximate surface area is 161 Å². The van der Waals surface area contributed by atoms with Crippen molar-refractivity contribution in [1.82, 2.24) is 4.90 Å². The van der Waals surface area contributed by atoms with Gasteiger partial charge in [0.05, 0.1) is 0 Å². The normalized spacial score (nSPS) is 17.9. The number of nitrogens with zero attached hydrogens (tertiary/aromatic N) is 1. The van der Waals surface area contributed by atoms with Crippen LogP contribution in [0.4, 0.5) is 4.39 Å². The van der Waals surface area contributed by atoms with Crippen LogP contribution in [0.3, 0.4) is 0 Å². The molecule has 7 heteroatoms. The number of amides is 1. The van der Waals surface area contributed by atoms with Gasteiger partial charge in [-0.1, -0.05) is 29.8 Å². The van der Waals surface area contributed by atoms with Crippen LogP contribution in [0.25, 0.3) is 0 Å². The Balaban J connectivity index is 1.61. The SMILES string of the molecule is O=C(C1CCCO1)N(Cc1ccc(F)cc1Cl)Cc1cccc2c1OCO2. The molecule has 2 aliphatic rings. The van der Waals surface area contributed by atoms with Gasteiger partial charge in [0.2, 0.25) is 6.79 Å². The number of fused-ring (bicyclic) bond motifs is 1. The molecule has 142 valence electrons. The molecule has 2 aromatic rings. The molecule has 4 rings (SSSR count). The van der Waals surface area contributed by atoms with E-state index in [2.05, 4.69) is 0 Å². The summed E-state index contributed by atoms with van der Waals surface area (Å²) in [6.45, 7) is 1.32. The Kier molecular flexibility index (Phi) is 5.18. The van der Waals surface area contributed by atoms with Crippen LogP contribution in [0.5, 0.6) is 11.5 Å². The predicted octanol–water partition coefficient (Wildman–Crippen LogP) is 3.92. The van der Waals surface area contributed by atoms with Crippen molar-refractivity contribution in [1.29, 1.82) is 0 Å². The van der Waals surface area contributed by atoms with E-state index < -0.39 is 11.9 Å². The summed E-state index contributed by atoms with van der Waals surface area (Å²) in [6.07, 6.45) is 1.09. The molecule has 1 unspecified atom stereocenters. The van der Waals surface area contributed by atoms with Crippen molar-refractivity contribution in [3.05, 3.63) is 58.4 Å². The molecular weight excluding hydrogens is 373 g/mol. The molecule has 2 heterocycles. The third kappa shape index (κ3) is 3.87. The maximum atomic E-state index is 13.4. The first-order valence-electron chi connectivity index (χ1n) is 8.83. The Morgan fingerprint density at radius 1 is 1.19 bits per heavy atom. The van der Waals surface area contributed by atoms with Crippen molar-refractivity contribution in [2.45, 2.75) is 32.0 Å². The van der Waals surface area contributed by atoms with Crippen molar-refractivity contribution < 1.29 is 23.4 Å². The first-order chi connectivity index (χ1) is 13.1. The van der Waals surface area contributed by atoms with E-state index in [9.17, 15) is 9.18 Å². The third-order valence-electron chi connectivity index (χ3n) is 4.73. The fourth-order valence-electron chi connectivity index (χ4n) is 3.36. The standard InChI is InChI=1S/C20H19ClFNO4/c21-16-9-15(22)7-6-13(16)10-23(20(24)18-5-2-8-25-18)11-14-3-1-4-17-19(14)27-12-26-17/h1,3-4,6-7,9,18H,2,5,8,10-12H2. The van der Waals surface area contributed by atoms with Gasteiger partial charge in [-0.05, 0) is 36.6 Å². The summed E-state index contributed by atoms with van der Waals surface area (Å²) in [7, 11) is 0. The summed E-state index contributed by atoms with van der Waals surface area (Å²) in [5.74, 6) is 0.793. The van der Waals surface area contributed by atoms with Crippen LogP contribution in [0.2, 0.25) is 5.02 Å². The van der Waals surface area contributed by atoms with Crippen molar-refractivity contribution in [2.75, 3.05) is 13.4 Å². The van der Waals surface area contributed by atoms with Crippen molar-refractivity contribution in [3.63, 3.8) is 0 Å². The molecule has 0 aliphatic carbocycles. The summed E-state index contributed by atoms with van der Waals surface area (Å²) >= 11 is 6.18. The van der Waals surface area contributed by atoms with Crippen LogP contribution >= 0.6 is 11.6 Å². The summed E-state index contributed by atoms with van der Waals surface area (Å²) in [4.78, 5) is 14.7. The van der Waals surface area contributed by atoms with E-state index in [1.807, 2.05) is 18.2 Å². The quantitative estimate of drug-likeness (QED) is 0.775. The molecule has 0 saturated carbocycles. The van der Waals surface area contributed by atoms with Crippen LogP contribution in [0.15, 0.2) is 36.4 Å². The summed E-state index contributed by atoms with van der Waals surface area (Å²) in [6, 6.07) is 9.78. The average Bonchev–Trinajstić information content (AvgIpc) is 3.34. The molecule has 1 fully saturated rings. The fraction of sp³-hybridized carbons (Fsp3) is 0.350. The lowest BCUT2D eigenvalue weighted by atomic mass is 10.1. The van der Waals surface area contributed by atoms with Gasteiger partial charge in [-0.3, -0.25) is 4.79 Å². The second kappa shape index (κ2) is 7.74. The van der Waals surface area contributed by atoms with Crippen LogP contribution in [0, 0.1) is 5.82 Å². The van der Waals surface area contributed by atoms with Crippen LogP contribution in [-0.2, 0) is 22.6 Å². The lowest BCUT2D eigenvalue weighted by Crippen LogP contribution is -2.38. The molecule has 27 heavy (non-hydrogen) atoms. The number of rotatable bonds is 5. The molecule has 0 bridgehead atoms. The molecule has 2 aromatic carbocycles. The monoisotopic (exact) mass is 391 g/mol. The highest BCUT2D eigenvalue weighted by Crippen LogP contribution is 2.36. The van der Waals surface area contributed by atoms with E-state index in [-0.39, 0.29) is 24.3 Å².